The standard InChI is InChI=1S/C18H21ClN2O3S/c1-20(14-15-7-4-3-5-8-15)18(22)11-12-21(25(2,23)24)17-10-6-9-16(19)13-17/h3-10,13H,11-12,14H2,1-2H3. The summed E-state index contributed by atoms with van der Waals surface area (Å²) in [6.07, 6.45) is 1.20. The van der Waals surface area contributed by atoms with E-state index >= 15 is 0 Å². The van der Waals surface area contributed by atoms with Gasteiger partial charge in [-0.1, -0.05) is 48.0 Å². The van der Waals surface area contributed by atoms with E-state index in [1.54, 1.807) is 36.2 Å². The maximum absolute atomic E-state index is 12.4. The van der Waals surface area contributed by atoms with Gasteiger partial charge in [0.15, 0.2) is 0 Å². The van der Waals surface area contributed by atoms with Crippen molar-refractivity contribution >= 4 is 33.2 Å². The molecule has 1 amide bonds. The number of benzene rings is 2. The summed E-state index contributed by atoms with van der Waals surface area (Å²) in [5.74, 6) is -0.125. The third-order valence-corrected chi connectivity index (χ3v) is 5.14. The lowest BCUT2D eigenvalue weighted by Gasteiger charge is -2.24. The number of nitrogens with zero attached hydrogens (tertiary/aromatic N) is 2. The smallest absolute Gasteiger partial charge is 0.232 e. The molecule has 0 aliphatic rings. The lowest BCUT2D eigenvalue weighted by atomic mass is 10.2. The first-order valence-corrected chi connectivity index (χ1v) is 10.0. The van der Waals surface area contributed by atoms with Crippen LogP contribution < -0.4 is 4.31 Å². The molecule has 0 spiro atoms. The minimum absolute atomic E-state index is 0.0666. The number of sulfonamides is 1. The summed E-state index contributed by atoms with van der Waals surface area (Å²) >= 11 is 5.95. The van der Waals surface area contributed by atoms with Crippen molar-refractivity contribution in [2.75, 3.05) is 24.2 Å². The fourth-order valence-corrected chi connectivity index (χ4v) is 3.56. The quantitative estimate of drug-likeness (QED) is 0.741. The zero-order valence-corrected chi connectivity index (χ0v) is 15.8. The number of rotatable bonds is 7. The normalized spacial score (nSPS) is 11.2. The second-order valence-corrected chi connectivity index (χ2v) is 8.14. The van der Waals surface area contributed by atoms with Crippen molar-refractivity contribution in [3.63, 3.8) is 0 Å². The Bertz CT molecular complexity index is 825. The molecule has 2 aromatic carbocycles. The SMILES string of the molecule is CN(Cc1ccccc1)C(=O)CCN(c1cccc(Cl)c1)S(C)(=O)=O. The highest BCUT2D eigenvalue weighted by Crippen LogP contribution is 2.22. The highest BCUT2D eigenvalue weighted by molar-refractivity contribution is 7.92. The minimum atomic E-state index is -3.51. The lowest BCUT2D eigenvalue weighted by molar-refractivity contribution is -0.130. The number of halogens is 1. The van der Waals surface area contributed by atoms with Gasteiger partial charge in [-0.2, -0.15) is 0 Å². The second-order valence-electron chi connectivity index (χ2n) is 5.80. The summed E-state index contributed by atoms with van der Waals surface area (Å²) in [5, 5.41) is 0.443. The fourth-order valence-electron chi connectivity index (χ4n) is 2.45. The van der Waals surface area contributed by atoms with Gasteiger partial charge in [-0.15, -0.1) is 0 Å². The second kappa shape index (κ2) is 8.36. The number of hydrogen-bond donors (Lipinski definition) is 0. The Morgan fingerprint density at radius 1 is 1.08 bits per heavy atom. The topological polar surface area (TPSA) is 57.7 Å². The summed E-state index contributed by atoms with van der Waals surface area (Å²) in [6.45, 7) is 0.548. The van der Waals surface area contributed by atoms with Crippen LogP contribution in [0.15, 0.2) is 54.6 Å². The van der Waals surface area contributed by atoms with Crippen LogP contribution in [-0.4, -0.2) is 39.1 Å². The Labute approximate surface area is 153 Å². The molecule has 0 atom stereocenters. The lowest BCUT2D eigenvalue weighted by Crippen LogP contribution is -2.35. The van der Waals surface area contributed by atoms with Crippen LogP contribution in [0.4, 0.5) is 5.69 Å². The molecule has 7 heteroatoms. The van der Waals surface area contributed by atoms with Crippen molar-refractivity contribution in [3.8, 4) is 0 Å². The molecule has 25 heavy (non-hydrogen) atoms. The van der Waals surface area contributed by atoms with Crippen LogP contribution in [0.3, 0.4) is 0 Å². The number of anilines is 1. The van der Waals surface area contributed by atoms with Crippen LogP contribution in [0.25, 0.3) is 0 Å². The molecule has 0 aliphatic heterocycles. The minimum Gasteiger partial charge on any atom is -0.341 e. The van der Waals surface area contributed by atoms with Crippen molar-refractivity contribution < 1.29 is 13.2 Å². The molecule has 0 aliphatic carbocycles. The number of carbonyl (C=O) groups excluding carboxylic acids is 1. The molecule has 134 valence electrons. The van der Waals surface area contributed by atoms with Gasteiger partial charge in [-0.05, 0) is 23.8 Å². The zero-order valence-electron chi connectivity index (χ0n) is 14.2. The van der Waals surface area contributed by atoms with Gasteiger partial charge >= 0.3 is 0 Å². The first-order valence-electron chi connectivity index (χ1n) is 7.78. The summed E-state index contributed by atoms with van der Waals surface area (Å²) in [7, 11) is -1.80. The van der Waals surface area contributed by atoms with Crippen LogP contribution in [0.5, 0.6) is 0 Å². The molecule has 0 radical (unpaired) electrons. The molecule has 0 bridgehead atoms. The van der Waals surface area contributed by atoms with Gasteiger partial charge in [0.2, 0.25) is 15.9 Å². The molecule has 0 unspecified atom stereocenters. The van der Waals surface area contributed by atoms with Gasteiger partial charge in [0, 0.05) is 31.6 Å². The number of amides is 1. The summed E-state index contributed by atoms with van der Waals surface area (Å²) in [5.41, 5.74) is 1.47. The van der Waals surface area contributed by atoms with Crippen LogP contribution in [0, 0.1) is 0 Å². The average molecular weight is 381 g/mol. The summed E-state index contributed by atoms with van der Waals surface area (Å²) in [4.78, 5) is 13.9. The van der Waals surface area contributed by atoms with Crippen molar-refractivity contribution in [2.45, 2.75) is 13.0 Å². The summed E-state index contributed by atoms with van der Waals surface area (Å²) < 4.78 is 25.4. The Kier molecular flexibility index (Phi) is 6.45. The predicted octanol–water partition coefficient (Wildman–Crippen LogP) is 3.15. The first-order chi connectivity index (χ1) is 11.8. The molecule has 0 fully saturated rings. The third kappa shape index (κ3) is 5.76. The molecule has 0 N–H and O–H groups in total. The van der Waals surface area contributed by atoms with Crippen LogP contribution in [0.2, 0.25) is 5.02 Å². The molecule has 2 rings (SSSR count). The molecule has 0 heterocycles. The molecule has 0 aromatic heterocycles. The highest BCUT2D eigenvalue weighted by atomic mass is 35.5. The zero-order chi connectivity index (χ0) is 18.4. The number of hydrogen-bond acceptors (Lipinski definition) is 3. The van der Waals surface area contributed by atoms with E-state index in [0.29, 0.717) is 17.3 Å². The highest BCUT2D eigenvalue weighted by Gasteiger charge is 2.20. The summed E-state index contributed by atoms with van der Waals surface area (Å²) in [6, 6.07) is 16.2. The van der Waals surface area contributed by atoms with E-state index in [-0.39, 0.29) is 18.9 Å². The monoisotopic (exact) mass is 380 g/mol. The molecule has 2 aromatic rings. The van der Waals surface area contributed by atoms with E-state index in [4.69, 9.17) is 11.6 Å². The van der Waals surface area contributed by atoms with Gasteiger partial charge in [0.25, 0.3) is 0 Å². The van der Waals surface area contributed by atoms with E-state index in [9.17, 15) is 13.2 Å². The van der Waals surface area contributed by atoms with Crippen LogP contribution in [0.1, 0.15) is 12.0 Å². The van der Waals surface area contributed by atoms with Crippen molar-refractivity contribution in [1.82, 2.24) is 4.90 Å². The van der Waals surface area contributed by atoms with Gasteiger partial charge in [0.1, 0.15) is 0 Å². The van der Waals surface area contributed by atoms with Crippen molar-refractivity contribution in [2.24, 2.45) is 0 Å². The third-order valence-electron chi connectivity index (χ3n) is 3.71. The molecule has 5 nitrogen and oxygen atoms in total. The van der Waals surface area contributed by atoms with Crippen LogP contribution in [-0.2, 0) is 21.4 Å². The van der Waals surface area contributed by atoms with Crippen molar-refractivity contribution in [3.05, 3.63) is 65.2 Å². The Balaban J connectivity index is 2.04. The van der Waals surface area contributed by atoms with E-state index in [0.717, 1.165) is 11.8 Å². The molecular formula is C18H21ClN2O3S. The Hall–Kier alpha value is -2.05. The first kappa shape index (κ1) is 19.3. The van der Waals surface area contributed by atoms with E-state index in [1.807, 2.05) is 30.3 Å². The van der Waals surface area contributed by atoms with Gasteiger partial charge in [-0.3, -0.25) is 9.10 Å². The van der Waals surface area contributed by atoms with E-state index in [1.165, 1.54) is 4.31 Å². The van der Waals surface area contributed by atoms with Gasteiger partial charge in [-0.25, -0.2) is 8.42 Å². The Morgan fingerprint density at radius 3 is 2.36 bits per heavy atom. The molecule has 0 saturated carbocycles. The van der Waals surface area contributed by atoms with Crippen LogP contribution >= 0.6 is 11.6 Å². The fraction of sp³-hybridized carbons (Fsp3) is 0.278. The van der Waals surface area contributed by atoms with Crippen molar-refractivity contribution in [1.29, 1.82) is 0 Å². The maximum Gasteiger partial charge on any atom is 0.232 e. The van der Waals surface area contributed by atoms with Gasteiger partial charge in [0.05, 0.1) is 11.9 Å². The molecule has 0 saturated heterocycles. The number of carbonyl (C=O) groups is 1. The molecular weight excluding hydrogens is 360 g/mol. The maximum atomic E-state index is 12.4. The van der Waals surface area contributed by atoms with E-state index < -0.39 is 10.0 Å². The average Bonchev–Trinajstić information content (AvgIpc) is 2.54. The van der Waals surface area contributed by atoms with Gasteiger partial charge < -0.3 is 4.90 Å². The van der Waals surface area contributed by atoms with E-state index in [2.05, 4.69) is 0 Å². The largest absolute Gasteiger partial charge is 0.341 e. The predicted molar refractivity (Wildman–Crippen MR) is 101 cm³/mol. The Morgan fingerprint density at radius 2 is 1.76 bits per heavy atom.